The molecule has 0 radical (unpaired) electrons. The summed E-state index contributed by atoms with van der Waals surface area (Å²) in [6.07, 6.45) is 0.843. The van der Waals surface area contributed by atoms with Gasteiger partial charge in [0.1, 0.15) is 4.70 Å². The van der Waals surface area contributed by atoms with E-state index in [1.807, 2.05) is 66.9 Å². The van der Waals surface area contributed by atoms with E-state index in [1.165, 1.54) is 28.7 Å². The normalized spacial score (nSPS) is 11.0. The molecule has 2 heterocycles. The van der Waals surface area contributed by atoms with Gasteiger partial charge in [0.05, 0.1) is 17.8 Å². The summed E-state index contributed by atoms with van der Waals surface area (Å²) in [6, 6.07) is 17.7. The zero-order chi connectivity index (χ0) is 21.8. The Morgan fingerprint density at radius 3 is 2.68 bits per heavy atom. The first-order valence-electron chi connectivity index (χ1n) is 10.1. The van der Waals surface area contributed by atoms with E-state index in [0.29, 0.717) is 21.9 Å². The van der Waals surface area contributed by atoms with E-state index in [0.717, 1.165) is 23.2 Å². The second-order valence-corrected chi connectivity index (χ2v) is 9.11. The van der Waals surface area contributed by atoms with Crippen LogP contribution in [0.3, 0.4) is 0 Å². The predicted octanol–water partition coefficient (Wildman–Crippen LogP) is 5.11. The first-order chi connectivity index (χ1) is 15.0. The highest BCUT2D eigenvalue weighted by Gasteiger charge is 2.15. The van der Waals surface area contributed by atoms with Gasteiger partial charge in [0.15, 0.2) is 5.16 Å². The monoisotopic (exact) mass is 449 g/mol. The minimum absolute atomic E-state index is 0.0696. The number of hydrogen-bond acceptors (Lipinski definition) is 5. The van der Waals surface area contributed by atoms with Crippen molar-refractivity contribution in [2.24, 2.45) is 0 Å². The molecule has 0 atom stereocenters. The first-order valence-corrected chi connectivity index (χ1v) is 12.0. The molecule has 158 valence electrons. The quantitative estimate of drug-likeness (QED) is 0.315. The van der Waals surface area contributed by atoms with Gasteiger partial charge in [-0.2, -0.15) is 0 Å². The summed E-state index contributed by atoms with van der Waals surface area (Å²) in [6.45, 7) is 4.51. The average Bonchev–Trinajstić information content (AvgIpc) is 3.25. The fourth-order valence-corrected chi connectivity index (χ4v) is 4.89. The largest absolute Gasteiger partial charge is 0.325 e. The van der Waals surface area contributed by atoms with Gasteiger partial charge >= 0.3 is 0 Å². The Hall–Kier alpha value is -2.90. The number of anilines is 1. The molecule has 2 aromatic heterocycles. The van der Waals surface area contributed by atoms with Crippen molar-refractivity contribution in [1.29, 1.82) is 0 Å². The molecular formula is C24H23N3O2S2. The zero-order valence-electron chi connectivity index (χ0n) is 17.4. The number of nitrogens with zero attached hydrogens (tertiary/aromatic N) is 2. The van der Waals surface area contributed by atoms with Crippen molar-refractivity contribution in [2.75, 3.05) is 11.1 Å². The van der Waals surface area contributed by atoms with E-state index in [4.69, 9.17) is 0 Å². The highest BCUT2D eigenvalue weighted by atomic mass is 32.2. The smallest absolute Gasteiger partial charge is 0.272 e. The van der Waals surface area contributed by atoms with E-state index >= 15 is 0 Å². The number of thioether (sulfide) groups is 1. The van der Waals surface area contributed by atoms with Gasteiger partial charge in [-0.1, -0.05) is 66.7 Å². The summed E-state index contributed by atoms with van der Waals surface area (Å²) < 4.78 is 2.30. The Balaban J connectivity index is 1.58. The van der Waals surface area contributed by atoms with Crippen molar-refractivity contribution in [1.82, 2.24) is 9.55 Å². The molecule has 2 aromatic carbocycles. The van der Waals surface area contributed by atoms with Gasteiger partial charge in [-0.15, -0.1) is 11.3 Å². The minimum atomic E-state index is -0.118. The van der Waals surface area contributed by atoms with Crippen LogP contribution in [0.15, 0.2) is 69.9 Å². The number of amides is 1. The number of benzene rings is 2. The molecule has 0 fully saturated rings. The summed E-state index contributed by atoms with van der Waals surface area (Å²) in [5.41, 5.74) is 4.72. The number of para-hydroxylation sites is 1. The van der Waals surface area contributed by atoms with Gasteiger partial charge in [0.2, 0.25) is 5.91 Å². The number of rotatable bonds is 7. The molecule has 0 aliphatic heterocycles. The maximum atomic E-state index is 13.1. The van der Waals surface area contributed by atoms with Crippen LogP contribution in [-0.2, 0) is 17.8 Å². The molecule has 0 unspecified atom stereocenters. The van der Waals surface area contributed by atoms with Crippen molar-refractivity contribution in [3.05, 3.63) is 87.0 Å². The number of aromatic nitrogens is 2. The first kappa shape index (κ1) is 21.3. The topological polar surface area (TPSA) is 64.0 Å². The fraction of sp³-hybridized carbons (Fsp3) is 0.208. The molecule has 4 aromatic rings. The summed E-state index contributed by atoms with van der Waals surface area (Å²) in [7, 11) is 0. The third kappa shape index (κ3) is 4.89. The number of carbonyl (C=O) groups excluding carboxylic acids is 1. The highest BCUT2D eigenvalue weighted by Crippen LogP contribution is 2.23. The number of aryl methyl sites for hydroxylation is 2. The Bertz CT molecular complexity index is 1280. The van der Waals surface area contributed by atoms with Crippen molar-refractivity contribution in [3.63, 3.8) is 0 Å². The lowest BCUT2D eigenvalue weighted by atomic mass is 10.1. The van der Waals surface area contributed by atoms with Crippen LogP contribution in [0.5, 0.6) is 0 Å². The molecule has 5 nitrogen and oxygen atoms in total. The lowest BCUT2D eigenvalue weighted by molar-refractivity contribution is -0.113. The molecule has 0 spiro atoms. The van der Waals surface area contributed by atoms with Gasteiger partial charge in [-0.25, -0.2) is 4.98 Å². The van der Waals surface area contributed by atoms with Crippen LogP contribution in [0.2, 0.25) is 0 Å². The SMILES string of the molecule is CCc1ccccc1NC(=O)CSc1nc2ccsc2c(=O)n1Cc1ccc(C)cc1. The molecule has 31 heavy (non-hydrogen) atoms. The summed E-state index contributed by atoms with van der Waals surface area (Å²) in [4.78, 5) is 30.4. The number of nitrogens with one attached hydrogen (secondary N) is 1. The van der Waals surface area contributed by atoms with Crippen LogP contribution >= 0.6 is 23.1 Å². The summed E-state index contributed by atoms with van der Waals surface area (Å²) in [5, 5.41) is 5.41. The number of thiophene rings is 1. The second kappa shape index (κ2) is 9.49. The molecule has 0 aliphatic carbocycles. The van der Waals surface area contributed by atoms with Crippen LogP contribution in [0.25, 0.3) is 10.2 Å². The third-order valence-electron chi connectivity index (χ3n) is 5.00. The zero-order valence-corrected chi connectivity index (χ0v) is 19.1. The van der Waals surface area contributed by atoms with Gasteiger partial charge in [0.25, 0.3) is 5.56 Å². The third-order valence-corrected chi connectivity index (χ3v) is 6.86. The lowest BCUT2D eigenvalue weighted by Gasteiger charge is -2.13. The van der Waals surface area contributed by atoms with Crippen LogP contribution in [-0.4, -0.2) is 21.2 Å². The summed E-state index contributed by atoms with van der Waals surface area (Å²) in [5.74, 6) is 0.0565. The maximum Gasteiger partial charge on any atom is 0.272 e. The standard InChI is InChI=1S/C24H23N3O2S2/c1-3-18-6-4-5-7-19(18)25-21(28)15-31-24-26-20-12-13-30-22(20)23(29)27(24)14-17-10-8-16(2)9-11-17/h4-13H,3,14-15H2,1-2H3,(H,25,28). The van der Waals surface area contributed by atoms with Gasteiger partial charge in [-0.05, 0) is 42.0 Å². The number of fused-ring (bicyclic) bond motifs is 1. The van der Waals surface area contributed by atoms with E-state index in [1.54, 1.807) is 4.57 Å². The van der Waals surface area contributed by atoms with E-state index < -0.39 is 0 Å². The van der Waals surface area contributed by atoms with E-state index in [-0.39, 0.29) is 17.2 Å². The lowest BCUT2D eigenvalue weighted by Crippen LogP contribution is -2.24. The molecule has 7 heteroatoms. The van der Waals surface area contributed by atoms with Crippen LogP contribution < -0.4 is 10.9 Å². The van der Waals surface area contributed by atoms with E-state index in [2.05, 4.69) is 17.2 Å². The molecule has 0 saturated heterocycles. The van der Waals surface area contributed by atoms with E-state index in [9.17, 15) is 9.59 Å². The van der Waals surface area contributed by atoms with Crippen LogP contribution in [0.1, 0.15) is 23.6 Å². The van der Waals surface area contributed by atoms with Crippen molar-refractivity contribution < 1.29 is 4.79 Å². The van der Waals surface area contributed by atoms with Crippen LogP contribution in [0.4, 0.5) is 5.69 Å². The second-order valence-electron chi connectivity index (χ2n) is 7.25. The Kier molecular flexibility index (Phi) is 6.53. The van der Waals surface area contributed by atoms with Gasteiger partial charge < -0.3 is 5.32 Å². The molecular weight excluding hydrogens is 426 g/mol. The van der Waals surface area contributed by atoms with Crippen molar-refractivity contribution >= 4 is 44.9 Å². The molecule has 1 N–H and O–H groups in total. The minimum Gasteiger partial charge on any atom is -0.325 e. The molecule has 1 amide bonds. The molecule has 0 aliphatic rings. The van der Waals surface area contributed by atoms with Gasteiger partial charge in [-0.3, -0.25) is 14.2 Å². The summed E-state index contributed by atoms with van der Waals surface area (Å²) >= 11 is 2.68. The Morgan fingerprint density at radius 2 is 1.90 bits per heavy atom. The predicted molar refractivity (Wildman–Crippen MR) is 129 cm³/mol. The molecule has 0 saturated carbocycles. The Labute approximate surface area is 189 Å². The fourth-order valence-electron chi connectivity index (χ4n) is 3.32. The Morgan fingerprint density at radius 1 is 1.13 bits per heavy atom. The van der Waals surface area contributed by atoms with Gasteiger partial charge in [0, 0.05) is 5.69 Å². The van der Waals surface area contributed by atoms with Crippen LogP contribution in [0, 0.1) is 6.92 Å². The highest BCUT2D eigenvalue weighted by molar-refractivity contribution is 7.99. The number of hydrogen-bond donors (Lipinski definition) is 1. The average molecular weight is 450 g/mol. The van der Waals surface area contributed by atoms with Crippen molar-refractivity contribution in [3.8, 4) is 0 Å². The molecule has 4 rings (SSSR count). The molecule has 0 bridgehead atoms. The van der Waals surface area contributed by atoms with Crippen molar-refractivity contribution in [2.45, 2.75) is 32.0 Å². The maximum absolute atomic E-state index is 13.1. The number of carbonyl (C=O) groups is 1.